The van der Waals surface area contributed by atoms with Crippen molar-refractivity contribution >= 4 is 34.6 Å². The summed E-state index contributed by atoms with van der Waals surface area (Å²) in [5, 5.41) is 4.60. The Bertz CT molecular complexity index is 717. The largest absolute Gasteiger partial charge is 0.346 e. The Hall–Kier alpha value is -1.69. The van der Waals surface area contributed by atoms with Gasteiger partial charge >= 0.3 is 0 Å². The van der Waals surface area contributed by atoms with Crippen LogP contribution >= 0.6 is 23.8 Å². The van der Waals surface area contributed by atoms with Crippen LogP contribution in [0.3, 0.4) is 0 Å². The van der Waals surface area contributed by atoms with E-state index in [1.54, 1.807) is 6.07 Å². The van der Waals surface area contributed by atoms with E-state index in [0.29, 0.717) is 16.7 Å². The van der Waals surface area contributed by atoms with E-state index >= 15 is 0 Å². The molecule has 6 heteroatoms. The van der Waals surface area contributed by atoms with Gasteiger partial charge in [0.25, 0.3) is 0 Å². The molecule has 2 aromatic rings. The number of nitrogens with zero attached hydrogens (tertiary/aromatic N) is 2. The van der Waals surface area contributed by atoms with Gasteiger partial charge < -0.3 is 10.2 Å². The van der Waals surface area contributed by atoms with Gasteiger partial charge in [-0.3, -0.25) is 4.90 Å². The van der Waals surface area contributed by atoms with Crippen LogP contribution in [0.4, 0.5) is 10.1 Å². The van der Waals surface area contributed by atoms with Gasteiger partial charge in [0.1, 0.15) is 5.82 Å². The molecule has 1 N–H and O–H groups in total. The van der Waals surface area contributed by atoms with E-state index in [-0.39, 0.29) is 5.82 Å². The monoisotopic (exact) mass is 363 g/mol. The first-order valence-electron chi connectivity index (χ1n) is 7.89. The molecule has 0 bridgehead atoms. The Morgan fingerprint density at radius 1 is 1.08 bits per heavy atom. The van der Waals surface area contributed by atoms with Crippen molar-refractivity contribution in [1.82, 2.24) is 9.80 Å². The molecule has 0 saturated carbocycles. The molecule has 2 aromatic carbocycles. The summed E-state index contributed by atoms with van der Waals surface area (Å²) in [6.07, 6.45) is 0. The summed E-state index contributed by atoms with van der Waals surface area (Å²) in [6.45, 7) is 3.98. The van der Waals surface area contributed by atoms with Crippen molar-refractivity contribution in [2.24, 2.45) is 0 Å². The molecule has 1 saturated heterocycles. The summed E-state index contributed by atoms with van der Waals surface area (Å²) in [5.41, 5.74) is 1.63. The van der Waals surface area contributed by atoms with Crippen molar-refractivity contribution in [2.45, 2.75) is 6.54 Å². The predicted molar refractivity (Wildman–Crippen MR) is 101 cm³/mol. The second-order valence-corrected chi connectivity index (χ2v) is 6.62. The number of halogens is 2. The Morgan fingerprint density at radius 2 is 1.83 bits per heavy atom. The van der Waals surface area contributed by atoms with E-state index in [2.05, 4.69) is 15.1 Å². The molecule has 1 aliphatic rings. The van der Waals surface area contributed by atoms with Crippen LogP contribution in [-0.2, 0) is 6.54 Å². The highest BCUT2D eigenvalue weighted by atomic mass is 35.5. The van der Waals surface area contributed by atoms with Crippen LogP contribution in [0.2, 0.25) is 5.02 Å². The second kappa shape index (κ2) is 7.92. The first kappa shape index (κ1) is 17.1. The first-order chi connectivity index (χ1) is 11.6. The zero-order valence-electron chi connectivity index (χ0n) is 13.2. The van der Waals surface area contributed by atoms with Crippen molar-refractivity contribution in [2.75, 3.05) is 31.5 Å². The highest BCUT2D eigenvalue weighted by Crippen LogP contribution is 2.16. The van der Waals surface area contributed by atoms with Gasteiger partial charge in [-0.15, -0.1) is 0 Å². The van der Waals surface area contributed by atoms with E-state index < -0.39 is 0 Å². The average Bonchev–Trinajstić information content (AvgIpc) is 2.57. The third-order valence-corrected chi connectivity index (χ3v) is 4.68. The third kappa shape index (κ3) is 4.44. The highest BCUT2D eigenvalue weighted by Gasteiger charge is 2.19. The van der Waals surface area contributed by atoms with Crippen LogP contribution in [-0.4, -0.2) is 41.1 Å². The average molecular weight is 364 g/mol. The van der Waals surface area contributed by atoms with E-state index in [9.17, 15) is 4.39 Å². The number of rotatable bonds is 3. The van der Waals surface area contributed by atoms with E-state index in [4.69, 9.17) is 23.8 Å². The minimum absolute atomic E-state index is 0.141. The fourth-order valence-electron chi connectivity index (χ4n) is 2.75. The van der Waals surface area contributed by atoms with Crippen LogP contribution in [0.1, 0.15) is 5.56 Å². The van der Waals surface area contributed by atoms with Gasteiger partial charge in [0.15, 0.2) is 5.11 Å². The standard InChI is InChI=1S/C18H19ClFN3S/c19-15-5-3-6-16(12-15)21-18(24)23-10-8-22(9-11-23)13-14-4-1-2-7-17(14)20/h1-7,12H,8-11,13H2,(H,21,24). The van der Waals surface area contributed by atoms with Gasteiger partial charge in [0.05, 0.1) is 0 Å². The van der Waals surface area contributed by atoms with Crippen LogP contribution in [0, 0.1) is 5.82 Å². The van der Waals surface area contributed by atoms with Gasteiger partial charge in [-0.2, -0.15) is 0 Å². The van der Waals surface area contributed by atoms with Crippen molar-refractivity contribution in [1.29, 1.82) is 0 Å². The van der Waals surface area contributed by atoms with Crippen LogP contribution in [0.25, 0.3) is 0 Å². The Morgan fingerprint density at radius 3 is 2.54 bits per heavy atom. The van der Waals surface area contributed by atoms with Gasteiger partial charge in [-0.25, -0.2) is 4.39 Å². The number of nitrogens with one attached hydrogen (secondary N) is 1. The zero-order valence-corrected chi connectivity index (χ0v) is 14.8. The Kier molecular flexibility index (Phi) is 5.66. The second-order valence-electron chi connectivity index (χ2n) is 5.80. The minimum atomic E-state index is -0.141. The van der Waals surface area contributed by atoms with Gasteiger partial charge in [0.2, 0.25) is 0 Å². The lowest BCUT2D eigenvalue weighted by Gasteiger charge is -2.36. The highest BCUT2D eigenvalue weighted by molar-refractivity contribution is 7.80. The normalized spacial score (nSPS) is 15.3. The molecule has 126 valence electrons. The Balaban J connectivity index is 1.51. The molecule has 0 amide bonds. The van der Waals surface area contributed by atoms with Crippen LogP contribution in [0.15, 0.2) is 48.5 Å². The molecule has 0 atom stereocenters. The molecule has 0 radical (unpaired) electrons. The molecule has 1 heterocycles. The lowest BCUT2D eigenvalue weighted by molar-refractivity contribution is 0.175. The smallest absolute Gasteiger partial charge is 0.173 e. The van der Waals surface area contributed by atoms with E-state index in [1.165, 1.54) is 6.07 Å². The summed E-state index contributed by atoms with van der Waals surface area (Å²) in [6, 6.07) is 14.4. The molecule has 0 aromatic heterocycles. The summed E-state index contributed by atoms with van der Waals surface area (Å²) in [4.78, 5) is 4.38. The molecule has 24 heavy (non-hydrogen) atoms. The number of benzene rings is 2. The van der Waals surface area contributed by atoms with Crippen LogP contribution in [0.5, 0.6) is 0 Å². The molecule has 0 spiro atoms. The topological polar surface area (TPSA) is 18.5 Å². The van der Waals surface area contributed by atoms with Crippen molar-refractivity contribution in [3.05, 3.63) is 64.9 Å². The fourth-order valence-corrected chi connectivity index (χ4v) is 3.24. The summed E-state index contributed by atoms with van der Waals surface area (Å²) >= 11 is 11.5. The number of anilines is 1. The third-order valence-electron chi connectivity index (χ3n) is 4.09. The van der Waals surface area contributed by atoms with Gasteiger partial charge in [0, 0.05) is 49.0 Å². The summed E-state index contributed by atoms with van der Waals surface area (Å²) in [5.74, 6) is -0.141. The molecule has 3 nitrogen and oxygen atoms in total. The number of hydrogen-bond acceptors (Lipinski definition) is 2. The summed E-state index contributed by atoms with van der Waals surface area (Å²) < 4.78 is 13.7. The van der Waals surface area contributed by atoms with Gasteiger partial charge in [-0.05, 0) is 36.5 Å². The number of hydrogen-bond donors (Lipinski definition) is 1. The van der Waals surface area contributed by atoms with Crippen molar-refractivity contribution in [3.8, 4) is 0 Å². The van der Waals surface area contributed by atoms with Crippen LogP contribution < -0.4 is 5.32 Å². The molecule has 0 aliphatic carbocycles. The number of piperazine rings is 1. The predicted octanol–water partition coefficient (Wildman–Crippen LogP) is 3.99. The molecule has 0 unspecified atom stereocenters. The molecular formula is C18H19ClFN3S. The Labute approximate surface area is 152 Å². The van der Waals surface area contributed by atoms with Gasteiger partial charge in [-0.1, -0.05) is 35.9 Å². The van der Waals surface area contributed by atoms with Crippen molar-refractivity contribution < 1.29 is 4.39 Å². The van der Waals surface area contributed by atoms with Crippen molar-refractivity contribution in [3.63, 3.8) is 0 Å². The maximum absolute atomic E-state index is 13.7. The van der Waals surface area contributed by atoms with E-state index in [0.717, 1.165) is 37.4 Å². The SMILES string of the molecule is Fc1ccccc1CN1CCN(C(=S)Nc2cccc(Cl)c2)CC1. The fraction of sp³-hybridized carbons (Fsp3) is 0.278. The molecular weight excluding hydrogens is 345 g/mol. The zero-order chi connectivity index (χ0) is 16.9. The lowest BCUT2D eigenvalue weighted by Crippen LogP contribution is -2.49. The molecule has 1 aliphatic heterocycles. The van der Waals surface area contributed by atoms with E-state index in [1.807, 2.05) is 36.4 Å². The molecule has 3 rings (SSSR count). The maximum Gasteiger partial charge on any atom is 0.173 e. The quantitative estimate of drug-likeness (QED) is 0.830. The first-order valence-corrected chi connectivity index (χ1v) is 8.68. The molecule has 1 fully saturated rings. The lowest BCUT2D eigenvalue weighted by atomic mass is 10.2. The maximum atomic E-state index is 13.7. The number of thiocarbonyl (C=S) groups is 1. The summed E-state index contributed by atoms with van der Waals surface area (Å²) in [7, 11) is 0. The minimum Gasteiger partial charge on any atom is -0.346 e.